The summed E-state index contributed by atoms with van der Waals surface area (Å²) >= 11 is 0. The van der Waals surface area contributed by atoms with Gasteiger partial charge in [0.1, 0.15) is 0 Å². The molecule has 1 aromatic heterocycles. The highest BCUT2D eigenvalue weighted by atomic mass is 16.6. The Balaban J connectivity index is 1.01. The van der Waals surface area contributed by atoms with Gasteiger partial charge in [-0.25, -0.2) is 15.0 Å². The summed E-state index contributed by atoms with van der Waals surface area (Å²) in [4.78, 5) is 14.9. The molecule has 2 aliphatic rings. The molecule has 5 heteroatoms. The van der Waals surface area contributed by atoms with Crippen LogP contribution in [0.1, 0.15) is 25.0 Å². The van der Waals surface area contributed by atoms with Gasteiger partial charge in [0.15, 0.2) is 40.5 Å². The van der Waals surface area contributed by atoms with Gasteiger partial charge in [0.25, 0.3) is 0 Å². The molecule has 0 saturated heterocycles. The summed E-state index contributed by atoms with van der Waals surface area (Å²) in [6.45, 7) is 4.54. The van der Waals surface area contributed by atoms with Crippen molar-refractivity contribution in [2.24, 2.45) is 0 Å². The molecule has 2 heterocycles. The van der Waals surface area contributed by atoms with Crippen molar-refractivity contribution in [1.29, 1.82) is 0 Å². The molecule has 0 N–H and O–H groups in total. The SMILES string of the molecule is CC1(C)c2ccccc2-c2c1ccc1c2Oc2cc(-c3ccc(-c4nc(-c5ccccc5)nc(-c5cccc6ccccc56)n4)cc3)ccc2O1. The van der Waals surface area contributed by atoms with Crippen LogP contribution in [0.2, 0.25) is 0 Å². The molecule has 0 spiro atoms. The van der Waals surface area contributed by atoms with E-state index in [-0.39, 0.29) is 5.41 Å². The van der Waals surface area contributed by atoms with Crippen LogP contribution in [-0.4, -0.2) is 15.0 Å². The highest BCUT2D eigenvalue weighted by Gasteiger charge is 2.39. The molecule has 1 aliphatic carbocycles. The van der Waals surface area contributed by atoms with Gasteiger partial charge in [0, 0.05) is 27.7 Å². The minimum atomic E-state index is -0.121. The zero-order valence-corrected chi connectivity index (χ0v) is 28.1. The van der Waals surface area contributed by atoms with Crippen LogP contribution in [0.15, 0.2) is 152 Å². The van der Waals surface area contributed by atoms with E-state index in [4.69, 9.17) is 24.4 Å². The lowest BCUT2D eigenvalue weighted by molar-refractivity contribution is 0.360. The summed E-state index contributed by atoms with van der Waals surface area (Å²) in [6.07, 6.45) is 0. The van der Waals surface area contributed by atoms with Gasteiger partial charge in [-0.05, 0) is 56.8 Å². The zero-order valence-electron chi connectivity index (χ0n) is 28.1. The summed E-state index contributed by atoms with van der Waals surface area (Å²) in [5.74, 6) is 4.81. The van der Waals surface area contributed by atoms with E-state index in [1.165, 1.54) is 16.7 Å². The molecule has 0 radical (unpaired) electrons. The van der Waals surface area contributed by atoms with Crippen LogP contribution in [0.3, 0.4) is 0 Å². The average Bonchev–Trinajstić information content (AvgIpc) is 3.43. The molecule has 0 atom stereocenters. The van der Waals surface area contributed by atoms with Gasteiger partial charge in [-0.3, -0.25) is 0 Å². The topological polar surface area (TPSA) is 57.1 Å². The Morgan fingerprint density at radius 1 is 0.431 bits per heavy atom. The van der Waals surface area contributed by atoms with E-state index in [0.717, 1.165) is 55.7 Å². The first-order chi connectivity index (χ1) is 25.0. The summed E-state index contributed by atoms with van der Waals surface area (Å²) in [5, 5.41) is 2.24. The van der Waals surface area contributed by atoms with Crippen LogP contribution < -0.4 is 9.47 Å². The van der Waals surface area contributed by atoms with E-state index >= 15 is 0 Å². The summed E-state index contributed by atoms with van der Waals surface area (Å²) in [7, 11) is 0. The smallest absolute Gasteiger partial charge is 0.178 e. The zero-order chi connectivity index (χ0) is 34.1. The number of hydrogen-bond donors (Lipinski definition) is 0. The number of fused-ring (bicyclic) bond motifs is 7. The molecule has 0 amide bonds. The van der Waals surface area contributed by atoms with Gasteiger partial charge in [-0.15, -0.1) is 0 Å². The maximum Gasteiger partial charge on any atom is 0.178 e. The number of hydrogen-bond acceptors (Lipinski definition) is 5. The fourth-order valence-electron chi connectivity index (χ4n) is 7.58. The largest absolute Gasteiger partial charge is 0.449 e. The van der Waals surface area contributed by atoms with Crippen LogP contribution >= 0.6 is 0 Å². The predicted molar refractivity (Wildman–Crippen MR) is 203 cm³/mol. The lowest BCUT2D eigenvalue weighted by Gasteiger charge is -2.25. The molecule has 0 unspecified atom stereocenters. The van der Waals surface area contributed by atoms with E-state index < -0.39 is 0 Å². The van der Waals surface area contributed by atoms with Crippen molar-refractivity contribution in [2.45, 2.75) is 19.3 Å². The van der Waals surface area contributed by atoms with E-state index in [0.29, 0.717) is 29.0 Å². The van der Waals surface area contributed by atoms with Crippen molar-refractivity contribution >= 4 is 10.8 Å². The average molecular weight is 658 g/mol. The second-order valence-electron chi connectivity index (χ2n) is 13.6. The van der Waals surface area contributed by atoms with Crippen molar-refractivity contribution < 1.29 is 9.47 Å². The van der Waals surface area contributed by atoms with Crippen LogP contribution in [0.4, 0.5) is 0 Å². The second-order valence-corrected chi connectivity index (χ2v) is 13.6. The van der Waals surface area contributed by atoms with Crippen LogP contribution in [0.25, 0.3) is 67.2 Å². The Labute approximate surface area is 295 Å². The molecule has 7 aromatic carbocycles. The van der Waals surface area contributed by atoms with Gasteiger partial charge in [0.2, 0.25) is 0 Å². The Kier molecular flexibility index (Phi) is 6.46. The minimum Gasteiger partial charge on any atom is -0.449 e. The van der Waals surface area contributed by atoms with Gasteiger partial charge in [0.05, 0.1) is 0 Å². The first-order valence-corrected chi connectivity index (χ1v) is 17.2. The molecular formula is C46H31N3O2. The lowest BCUT2D eigenvalue weighted by Crippen LogP contribution is -2.15. The van der Waals surface area contributed by atoms with Crippen molar-refractivity contribution in [3.8, 4) is 79.4 Å². The van der Waals surface area contributed by atoms with Gasteiger partial charge in [-0.1, -0.05) is 147 Å². The van der Waals surface area contributed by atoms with Crippen LogP contribution in [-0.2, 0) is 5.41 Å². The number of ether oxygens (including phenoxy) is 2. The Bertz CT molecular complexity index is 2660. The molecule has 1 aliphatic heterocycles. The predicted octanol–water partition coefficient (Wildman–Crippen LogP) is 11.9. The monoisotopic (exact) mass is 657 g/mol. The van der Waals surface area contributed by atoms with E-state index in [1.54, 1.807) is 0 Å². The Morgan fingerprint density at radius 3 is 1.90 bits per heavy atom. The number of nitrogens with zero attached hydrogens (tertiary/aromatic N) is 3. The summed E-state index contributed by atoms with van der Waals surface area (Å²) in [5.41, 5.74) is 9.64. The van der Waals surface area contributed by atoms with Crippen molar-refractivity contribution in [3.63, 3.8) is 0 Å². The van der Waals surface area contributed by atoms with Crippen LogP contribution in [0.5, 0.6) is 23.0 Å². The first kappa shape index (κ1) is 29.3. The normalized spacial score (nSPS) is 13.4. The van der Waals surface area contributed by atoms with Gasteiger partial charge in [-0.2, -0.15) is 0 Å². The second kappa shape index (κ2) is 11.2. The van der Waals surface area contributed by atoms with Crippen molar-refractivity contribution in [2.75, 3.05) is 0 Å². The standard InChI is InChI=1S/C46H31N3O2/c1-46(2)36-18-9-8-16-35(36)41-37(46)24-26-39-42(41)51-40-27-32(23-25-38(40)50-39)28-19-21-31(22-20-28)44-47-43(30-12-4-3-5-13-30)48-45(49-44)34-17-10-14-29-11-6-7-15-33(29)34/h3-27H,1-2H3. The number of benzene rings is 7. The molecule has 242 valence electrons. The molecule has 5 nitrogen and oxygen atoms in total. The fraction of sp³-hybridized carbons (Fsp3) is 0.0652. The molecule has 0 bridgehead atoms. The minimum absolute atomic E-state index is 0.121. The lowest BCUT2D eigenvalue weighted by atomic mass is 9.82. The molecule has 8 aromatic rings. The van der Waals surface area contributed by atoms with Gasteiger partial charge < -0.3 is 9.47 Å². The fourth-order valence-corrected chi connectivity index (χ4v) is 7.58. The third kappa shape index (κ3) is 4.73. The highest BCUT2D eigenvalue weighted by Crippen LogP contribution is 2.58. The summed E-state index contributed by atoms with van der Waals surface area (Å²) in [6, 6.07) is 51.9. The third-order valence-corrected chi connectivity index (χ3v) is 10.2. The Hall–Kier alpha value is -6.59. The maximum atomic E-state index is 6.71. The molecule has 0 fully saturated rings. The highest BCUT2D eigenvalue weighted by molar-refractivity contribution is 5.95. The van der Waals surface area contributed by atoms with E-state index in [2.05, 4.69) is 111 Å². The molecule has 51 heavy (non-hydrogen) atoms. The van der Waals surface area contributed by atoms with E-state index in [9.17, 15) is 0 Å². The van der Waals surface area contributed by atoms with Crippen molar-refractivity contribution in [3.05, 3.63) is 163 Å². The third-order valence-electron chi connectivity index (χ3n) is 10.2. The van der Waals surface area contributed by atoms with Crippen LogP contribution in [0, 0.1) is 0 Å². The Morgan fingerprint density at radius 2 is 1.06 bits per heavy atom. The van der Waals surface area contributed by atoms with E-state index in [1.807, 2.05) is 54.6 Å². The quantitative estimate of drug-likeness (QED) is 0.188. The molecular weight excluding hydrogens is 627 g/mol. The van der Waals surface area contributed by atoms with Crippen molar-refractivity contribution in [1.82, 2.24) is 15.0 Å². The number of rotatable bonds is 4. The maximum absolute atomic E-state index is 6.71. The molecule has 0 saturated carbocycles. The first-order valence-electron chi connectivity index (χ1n) is 17.2. The summed E-state index contributed by atoms with van der Waals surface area (Å²) < 4.78 is 13.1. The molecule has 10 rings (SSSR count). The van der Waals surface area contributed by atoms with Gasteiger partial charge >= 0.3 is 0 Å². The number of aromatic nitrogens is 3.